The lowest BCUT2D eigenvalue weighted by molar-refractivity contribution is -0.121. The lowest BCUT2D eigenvalue weighted by Crippen LogP contribution is -2.04. The second-order valence-corrected chi connectivity index (χ2v) is 4.08. The number of hydrogen-bond donors (Lipinski definition) is 1. The first-order valence-electron chi connectivity index (χ1n) is 5.10. The van der Waals surface area contributed by atoms with E-state index in [0.29, 0.717) is 6.42 Å². The standard InChI is InChI=1S/C12H13O4P/c13-12(10-16-17(14)15)9-5-4-8-11-6-2-1-3-7-11/h1-3,6-7,17H,5,9-10H2,(H,14,15). The zero-order chi connectivity index (χ0) is 12.5. The van der Waals surface area contributed by atoms with Crippen LogP contribution in [-0.4, -0.2) is 17.3 Å². The highest BCUT2D eigenvalue weighted by Crippen LogP contribution is 2.13. The molecule has 1 N–H and O–H groups in total. The van der Waals surface area contributed by atoms with Crippen LogP contribution in [0.2, 0.25) is 0 Å². The van der Waals surface area contributed by atoms with Gasteiger partial charge < -0.3 is 9.42 Å². The highest BCUT2D eigenvalue weighted by Gasteiger charge is 2.02. The third kappa shape index (κ3) is 6.70. The van der Waals surface area contributed by atoms with Gasteiger partial charge in [0.2, 0.25) is 0 Å². The fourth-order valence-electron chi connectivity index (χ4n) is 1.10. The molecule has 0 aromatic heterocycles. The number of carbonyl (C=O) groups is 1. The summed E-state index contributed by atoms with van der Waals surface area (Å²) in [6.45, 7) is -0.318. The van der Waals surface area contributed by atoms with Crippen LogP contribution in [0.1, 0.15) is 18.4 Å². The molecule has 1 aromatic rings. The van der Waals surface area contributed by atoms with Gasteiger partial charge in [-0.25, -0.2) is 0 Å². The molecule has 1 aromatic carbocycles. The summed E-state index contributed by atoms with van der Waals surface area (Å²) in [7, 11) is -3.01. The summed E-state index contributed by atoms with van der Waals surface area (Å²) in [5.74, 6) is 5.56. The van der Waals surface area contributed by atoms with E-state index in [4.69, 9.17) is 4.89 Å². The first-order chi connectivity index (χ1) is 8.18. The summed E-state index contributed by atoms with van der Waals surface area (Å²) in [4.78, 5) is 19.5. The van der Waals surface area contributed by atoms with Gasteiger partial charge in [-0.05, 0) is 12.1 Å². The molecule has 5 heteroatoms. The molecular formula is C12H13O4P. The molecule has 90 valence electrons. The van der Waals surface area contributed by atoms with Gasteiger partial charge in [0.25, 0.3) is 0 Å². The highest BCUT2D eigenvalue weighted by molar-refractivity contribution is 7.32. The van der Waals surface area contributed by atoms with E-state index in [1.165, 1.54) is 0 Å². The first-order valence-corrected chi connectivity index (χ1v) is 6.36. The van der Waals surface area contributed by atoms with E-state index in [-0.39, 0.29) is 18.8 Å². The predicted molar refractivity (Wildman–Crippen MR) is 64.7 cm³/mol. The van der Waals surface area contributed by atoms with Crippen LogP contribution < -0.4 is 0 Å². The molecule has 1 unspecified atom stereocenters. The number of hydrogen-bond acceptors (Lipinski definition) is 3. The monoisotopic (exact) mass is 252 g/mol. The van der Waals surface area contributed by atoms with E-state index in [0.717, 1.165) is 5.56 Å². The second-order valence-electron chi connectivity index (χ2n) is 3.26. The van der Waals surface area contributed by atoms with Crippen LogP contribution in [0.15, 0.2) is 30.3 Å². The molecule has 0 spiro atoms. The molecule has 0 saturated heterocycles. The van der Waals surface area contributed by atoms with E-state index in [1.807, 2.05) is 30.3 Å². The van der Waals surface area contributed by atoms with E-state index >= 15 is 0 Å². The van der Waals surface area contributed by atoms with Gasteiger partial charge >= 0.3 is 8.25 Å². The first kappa shape index (κ1) is 13.7. The summed E-state index contributed by atoms with van der Waals surface area (Å²) in [5, 5.41) is 0. The molecule has 0 heterocycles. The van der Waals surface area contributed by atoms with Crippen LogP contribution in [0.4, 0.5) is 0 Å². The molecule has 1 rings (SSSR count). The van der Waals surface area contributed by atoms with Gasteiger partial charge in [0, 0.05) is 18.4 Å². The van der Waals surface area contributed by atoms with Crippen LogP contribution in [0, 0.1) is 11.8 Å². The predicted octanol–water partition coefficient (Wildman–Crippen LogP) is 1.79. The minimum absolute atomic E-state index is 0.222. The molecule has 1 atom stereocenters. The third-order valence-corrected chi connectivity index (χ3v) is 2.28. The summed E-state index contributed by atoms with van der Waals surface area (Å²) >= 11 is 0. The normalized spacial score (nSPS) is 11.4. The SMILES string of the molecule is O=C(CCC#Cc1ccccc1)CO[PH](=O)O. The van der Waals surface area contributed by atoms with Gasteiger partial charge in [-0.1, -0.05) is 30.0 Å². The Kier molecular flexibility index (Phi) is 6.27. The number of rotatable bonds is 5. The van der Waals surface area contributed by atoms with Gasteiger partial charge in [0.1, 0.15) is 6.61 Å². The average molecular weight is 252 g/mol. The van der Waals surface area contributed by atoms with Crippen molar-refractivity contribution in [2.45, 2.75) is 12.8 Å². The molecule has 0 saturated carbocycles. The van der Waals surface area contributed by atoms with Gasteiger partial charge in [-0.15, -0.1) is 0 Å². The largest absolute Gasteiger partial charge is 0.326 e. The van der Waals surface area contributed by atoms with Crippen molar-refractivity contribution in [3.05, 3.63) is 35.9 Å². The Hall–Kier alpha value is -1.40. The minimum atomic E-state index is -3.01. The van der Waals surface area contributed by atoms with Gasteiger partial charge in [0.15, 0.2) is 5.78 Å². The molecule has 0 radical (unpaired) electrons. The van der Waals surface area contributed by atoms with E-state index in [1.54, 1.807) is 0 Å². The smallest absolute Gasteiger partial charge is 0.317 e. The molecule has 0 fully saturated rings. The Morgan fingerprint density at radius 1 is 1.35 bits per heavy atom. The van der Waals surface area contributed by atoms with Gasteiger partial charge in [0.05, 0.1) is 0 Å². The average Bonchev–Trinajstić information content (AvgIpc) is 2.33. The molecule has 17 heavy (non-hydrogen) atoms. The maximum absolute atomic E-state index is 11.1. The van der Waals surface area contributed by atoms with Crippen molar-refractivity contribution in [2.24, 2.45) is 0 Å². The van der Waals surface area contributed by atoms with Crippen LogP contribution in [0.5, 0.6) is 0 Å². The van der Waals surface area contributed by atoms with Gasteiger partial charge in [-0.3, -0.25) is 9.36 Å². The number of carbonyl (C=O) groups excluding carboxylic acids is 1. The summed E-state index contributed by atoms with van der Waals surface area (Å²) in [6.07, 6.45) is 0.651. The lowest BCUT2D eigenvalue weighted by atomic mass is 10.2. The van der Waals surface area contributed by atoms with E-state index in [9.17, 15) is 9.36 Å². The van der Waals surface area contributed by atoms with Crippen molar-refractivity contribution in [1.29, 1.82) is 0 Å². The Morgan fingerprint density at radius 2 is 2.06 bits per heavy atom. The molecule has 0 aliphatic rings. The Labute approximate surface area is 101 Å². The molecular weight excluding hydrogens is 239 g/mol. The fraction of sp³-hybridized carbons (Fsp3) is 0.250. The minimum Gasteiger partial charge on any atom is -0.326 e. The van der Waals surface area contributed by atoms with E-state index < -0.39 is 8.25 Å². The molecule has 0 aliphatic heterocycles. The van der Waals surface area contributed by atoms with Crippen molar-refractivity contribution in [2.75, 3.05) is 6.61 Å². The maximum Gasteiger partial charge on any atom is 0.317 e. The van der Waals surface area contributed by atoms with Crippen LogP contribution in [0.3, 0.4) is 0 Å². The summed E-state index contributed by atoms with van der Waals surface area (Å²) < 4.78 is 14.5. The number of Topliss-reactive ketones (excluding diaryl/α,β-unsaturated/α-hetero) is 1. The van der Waals surface area contributed by atoms with Crippen molar-refractivity contribution in [1.82, 2.24) is 0 Å². The zero-order valence-electron chi connectivity index (χ0n) is 9.18. The Bertz CT molecular complexity index is 445. The number of ketones is 1. The van der Waals surface area contributed by atoms with Crippen molar-refractivity contribution >= 4 is 14.0 Å². The molecule has 0 aliphatic carbocycles. The Morgan fingerprint density at radius 3 is 2.71 bits per heavy atom. The maximum atomic E-state index is 11.1. The van der Waals surface area contributed by atoms with E-state index in [2.05, 4.69) is 16.4 Å². The van der Waals surface area contributed by atoms with Crippen molar-refractivity contribution in [3.63, 3.8) is 0 Å². The summed E-state index contributed by atoms with van der Waals surface area (Å²) in [5.41, 5.74) is 0.900. The summed E-state index contributed by atoms with van der Waals surface area (Å²) in [6, 6.07) is 9.46. The molecule has 0 amide bonds. The lowest BCUT2D eigenvalue weighted by Gasteiger charge is -1.96. The molecule has 4 nitrogen and oxygen atoms in total. The van der Waals surface area contributed by atoms with Crippen LogP contribution in [0.25, 0.3) is 0 Å². The van der Waals surface area contributed by atoms with Gasteiger partial charge in [-0.2, -0.15) is 0 Å². The highest BCUT2D eigenvalue weighted by atomic mass is 31.1. The molecule has 0 bridgehead atoms. The zero-order valence-corrected chi connectivity index (χ0v) is 10.2. The topological polar surface area (TPSA) is 63.6 Å². The Balaban J connectivity index is 2.26. The van der Waals surface area contributed by atoms with Crippen LogP contribution in [-0.2, 0) is 13.9 Å². The van der Waals surface area contributed by atoms with Crippen LogP contribution >= 0.6 is 8.25 Å². The fourth-order valence-corrected chi connectivity index (χ4v) is 1.39. The number of benzene rings is 1. The quantitative estimate of drug-likeness (QED) is 0.641. The van der Waals surface area contributed by atoms with Crippen molar-refractivity contribution in [3.8, 4) is 11.8 Å². The second kappa shape index (κ2) is 7.81. The third-order valence-electron chi connectivity index (χ3n) is 1.89. The van der Waals surface area contributed by atoms with Crippen molar-refractivity contribution < 1.29 is 18.8 Å².